The highest BCUT2D eigenvalue weighted by molar-refractivity contribution is 7.12. The van der Waals surface area contributed by atoms with E-state index >= 15 is 0 Å². The van der Waals surface area contributed by atoms with Crippen LogP contribution in [0.25, 0.3) is 0 Å². The molecule has 0 aliphatic heterocycles. The van der Waals surface area contributed by atoms with Gasteiger partial charge in [-0.05, 0) is 36.5 Å². The Labute approximate surface area is 128 Å². The van der Waals surface area contributed by atoms with Crippen LogP contribution in [-0.2, 0) is 25.9 Å². The van der Waals surface area contributed by atoms with E-state index in [9.17, 15) is 0 Å². The van der Waals surface area contributed by atoms with Gasteiger partial charge in [-0.3, -0.25) is 0 Å². The van der Waals surface area contributed by atoms with Crippen LogP contribution < -0.4 is 11.1 Å². The molecule has 1 heterocycles. The summed E-state index contributed by atoms with van der Waals surface area (Å²) < 4.78 is 0. The van der Waals surface area contributed by atoms with Crippen LogP contribution in [0.1, 0.15) is 32.9 Å². The van der Waals surface area contributed by atoms with E-state index in [4.69, 9.17) is 10.9 Å². The van der Waals surface area contributed by atoms with Gasteiger partial charge in [0.2, 0.25) is 0 Å². The third kappa shape index (κ3) is 3.25. The van der Waals surface area contributed by atoms with Gasteiger partial charge >= 0.3 is 0 Å². The largest absolute Gasteiger partial charge is 0.409 e. The lowest BCUT2D eigenvalue weighted by Crippen LogP contribution is -2.14. The molecule has 4 N–H and O–H groups in total. The molecule has 0 radical (unpaired) electrons. The molecule has 3 rings (SSSR count). The van der Waals surface area contributed by atoms with Crippen LogP contribution >= 0.6 is 11.3 Å². The number of nitrogens with two attached hydrogens (primary N) is 1. The van der Waals surface area contributed by atoms with Gasteiger partial charge in [0.25, 0.3) is 0 Å². The van der Waals surface area contributed by atoms with Gasteiger partial charge < -0.3 is 16.3 Å². The number of hydrogen-bond acceptors (Lipinski definition) is 4. The maximum absolute atomic E-state index is 8.63. The molecule has 0 saturated heterocycles. The van der Waals surface area contributed by atoms with E-state index in [1.54, 1.807) is 10.4 Å². The van der Waals surface area contributed by atoms with Crippen LogP contribution in [0.3, 0.4) is 0 Å². The Morgan fingerprint density at radius 1 is 1.24 bits per heavy atom. The molecule has 1 aromatic carbocycles. The third-order valence-corrected chi connectivity index (χ3v) is 5.02. The Balaban J connectivity index is 1.53. The molecule has 110 valence electrons. The minimum Gasteiger partial charge on any atom is -0.409 e. The first-order valence-corrected chi connectivity index (χ1v) is 7.96. The monoisotopic (exact) mass is 301 g/mol. The van der Waals surface area contributed by atoms with Crippen LogP contribution in [0.15, 0.2) is 35.5 Å². The van der Waals surface area contributed by atoms with Gasteiger partial charge in [-0.2, -0.15) is 0 Å². The van der Waals surface area contributed by atoms with Crippen molar-refractivity contribution in [2.24, 2.45) is 10.9 Å². The average Bonchev–Trinajstić information content (AvgIpc) is 3.08. The number of benzene rings is 1. The summed E-state index contributed by atoms with van der Waals surface area (Å²) in [5.41, 5.74) is 9.02. The fourth-order valence-electron chi connectivity index (χ4n) is 2.66. The molecule has 1 aromatic heterocycles. The Hall–Kier alpha value is -1.85. The van der Waals surface area contributed by atoms with Crippen molar-refractivity contribution in [2.75, 3.05) is 0 Å². The number of nitrogens with one attached hydrogen (secondary N) is 1. The van der Waals surface area contributed by atoms with E-state index < -0.39 is 0 Å². The number of oxime groups is 1. The molecule has 1 aliphatic rings. The normalized spacial score (nSPS) is 14.4. The first-order chi connectivity index (χ1) is 10.3. The molecule has 4 nitrogen and oxygen atoms in total. The second-order valence-corrected chi connectivity index (χ2v) is 6.52. The van der Waals surface area contributed by atoms with Gasteiger partial charge in [-0.1, -0.05) is 29.4 Å². The zero-order chi connectivity index (χ0) is 14.7. The summed E-state index contributed by atoms with van der Waals surface area (Å²) in [6.07, 6.45) is 3.83. The van der Waals surface area contributed by atoms with Crippen molar-refractivity contribution >= 4 is 17.2 Å². The number of fused-ring (bicyclic) bond motifs is 1. The van der Waals surface area contributed by atoms with Crippen molar-refractivity contribution in [1.82, 2.24) is 5.32 Å². The van der Waals surface area contributed by atoms with E-state index in [1.165, 1.54) is 29.7 Å². The van der Waals surface area contributed by atoms with Gasteiger partial charge in [-0.25, -0.2) is 0 Å². The van der Waals surface area contributed by atoms with Crippen LogP contribution in [0.5, 0.6) is 0 Å². The molecule has 0 amide bonds. The van der Waals surface area contributed by atoms with Crippen LogP contribution in [-0.4, -0.2) is 11.0 Å². The lowest BCUT2D eigenvalue weighted by Gasteiger charge is -2.05. The Bertz CT molecular complexity index is 625. The van der Waals surface area contributed by atoms with Crippen molar-refractivity contribution in [1.29, 1.82) is 0 Å². The lowest BCUT2D eigenvalue weighted by molar-refractivity contribution is 0.318. The summed E-state index contributed by atoms with van der Waals surface area (Å²) in [6, 6.07) is 10.1. The quantitative estimate of drug-likeness (QED) is 0.344. The molecule has 0 atom stereocenters. The fraction of sp³-hybridized carbons (Fsp3) is 0.312. The van der Waals surface area contributed by atoms with E-state index in [0.29, 0.717) is 0 Å². The van der Waals surface area contributed by atoms with Crippen molar-refractivity contribution < 1.29 is 5.21 Å². The highest BCUT2D eigenvalue weighted by Gasteiger charge is 2.14. The van der Waals surface area contributed by atoms with Gasteiger partial charge in [0, 0.05) is 28.4 Å². The number of nitrogens with zero attached hydrogens (tertiary/aromatic N) is 1. The van der Waals surface area contributed by atoms with E-state index in [-0.39, 0.29) is 5.84 Å². The standard InChI is InChI=1S/C16H19N3OS/c17-16(19-20)12-6-4-11(5-7-12)9-18-10-14-8-13-2-1-3-15(13)21-14/h4-8,18,20H,1-3,9-10H2,(H2,17,19). The molecular formula is C16H19N3OS. The van der Waals surface area contributed by atoms with Crippen LogP contribution in [0, 0.1) is 0 Å². The number of hydrogen-bond donors (Lipinski definition) is 3. The Morgan fingerprint density at radius 2 is 2.05 bits per heavy atom. The first kappa shape index (κ1) is 14.1. The van der Waals surface area contributed by atoms with Crippen LogP contribution in [0.4, 0.5) is 0 Å². The Kier molecular flexibility index (Phi) is 4.22. The maximum Gasteiger partial charge on any atom is 0.170 e. The summed E-state index contributed by atoms with van der Waals surface area (Å²) in [4.78, 5) is 3.00. The second kappa shape index (κ2) is 6.28. The molecule has 0 saturated carbocycles. The van der Waals surface area contributed by atoms with Crippen molar-refractivity contribution in [3.8, 4) is 0 Å². The highest BCUT2D eigenvalue weighted by Crippen LogP contribution is 2.30. The SMILES string of the molecule is NC(=NO)c1ccc(CNCc2cc3c(s2)CCC3)cc1. The van der Waals surface area contributed by atoms with Gasteiger partial charge in [0.05, 0.1) is 0 Å². The number of aryl methyl sites for hydroxylation is 2. The van der Waals surface area contributed by atoms with Gasteiger partial charge in [0.1, 0.15) is 0 Å². The second-order valence-electron chi connectivity index (χ2n) is 5.30. The summed E-state index contributed by atoms with van der Waals surface area (Å²) in [5, 5.41) is 15.1. The Morgan fingerprint density at radius 3 is 2.76 bits per heavy atom. The van der Waals surface area contributed by atoms with Crippen molar-refractivity contribution in [3.63, 3.8) is 0 Å². The maximum atomic E-state index is 8.63. The van der Waals surface area contributed by atoms with Gasteiger partial charge in [0.15, 0.2) is 5.84 Å². The average molecular weight is 301 g/mol. The molecule has 2 aromatic rings. The molecule has 21 heavy (non-hydrogen) atoms. The van der Waals surface area contributed by atoms with E-state index in [1.807, 2.05) is 35.6 Å². The van der Waals surface area contributed by atoms with E-state index in [0.717, 1.165) is 18.7 Å². The molecule has 0 bridgehead atoms. The molecular weight excluding hydrogens is 282 g/mol. The smallest absolute Gasteiger partial charge is 0.170 e. The lowest BCUT2D eigenvalue weighted by atomic mass is 10.1. The number of rotatable bonds is 5. The molecule has 0 unspecified atom stereocenters. The zero-order valence-corrected chi connectivity index (χ0v) is 12.6. The molecule has 5 heteroatoms. The first-order valence-electron chi connectivity index (χ1n) is 7.14. The minimum atomic E-state index is 0.141. The summed E-state index contributed by atoms with van der Waals surface area (Å²) in [7, 11) is 0. The van der Waals surface area contributed by atoms with Crippen molar-refractivity contribution in [3.05, 3.63) is 56.8 Å². The number of thiophene rings is 1. The summed E-state index contributed by atoms with van der Waals surface area (Å²) in [6.45, 7) is 1.73. The predicted molar refractivity (Wildman–Crippen MR) is 85.8 cm³/mol. The third-order valence-electron chi connectivity index (χ3n) is 3.78. The minimum absolute atomic E-state index is 0.141. The summed E-state index contributed by atoms with van der Waals surface area (Å²) >= 11 is 1.94. The molecule has 0 fully saturated rings. The molecule has 0 spiro atoms. The topological polar surface area (TPSA) is 70.6 Å². The van der Waals surface area contributed by atoms with Crippen LogP contribution in [0.2, 0.25) is 0 Å². The van der Waals surface area contributed by atoms with Crippen molar-refractivity contribution in [2.45, 2.75) is 32.4 Å². The van der Waals surface area contributed by atoms with E-state index in [2.05, 4.69) is 16.5 Å². The fourth-order valence-corrected chi connectivity index (χ4v) is 3.89. The van der Waals surface area contributed by atoms with Gasteiger partial charge in [-0.15, -0.1) is 11.3 Å². The number of amidine groups is 1. The highest BCUT2D eigenvalue weighted by atomic mass is 32.1. The molecule has 1 aliphatic carbocycles. The predicted octanol–water partition coefficient (Wildman–Crippen LogP) is 2.62. The summed E-state index contributed by atoms with van der Waals surface area (Å²) in [5.74, 6) is 0.141. The zero-order valence-electron chi connectivity index (χ0n) is 11.8.